The molecule has 0 aliphatic heterocycles. The fraction of sp³-hybridized carbons (Fsp3) is 0.176. The summed E-state index contributed by atoms with van der Waals surface area (Å²) in [6, 6.07) is 9.77. The number of aryl methyl sites for hydroxylation is 1. The van der Waals surface area contributed by atoms with Crippen LogP contribution in [-0.2, 0) is 11.2 Å². The molecule has 118 valence electrons. The minimum Gasteiger partial charge on any atom is -0.496 e. The van der Waals surface area contributed by atoms with Crippen LogP contribution in [0.3, 0.4) is 0 Å². The third-order valence-corrected chi connectivity index (χ3v) is 5.00. The van der Waals surface area contributed by atoms with Crippen LogP contribution in [0.15, 0.2) is 41.1 Å². The predicted molar refractivity (Wildman–Crippen MR) is 95.5 cm³/mol. The summed E-state index contributed by atoms with van der Waals surface area (Å²) in [5, 5.41) is 7.46. The summed E-state index contributed by atoms with van der Waals surface area (Å²) in [6.45, 7) is 1.97. The molecule has 3 rings (SSSR count). The maximum Gasteiger partial charge on any atom is 0.230 e. The highest BCUT2D eigenvalue weighted by atomic mass is 32.1. The number of benzene rings is 1. The Balaban J connectivity index is 1.64. The number of hydrogen-bond donors (Lipinski definition) is 1. The van der Waals surface area contributed by atoms with Crippen LogP contribution in [0, 0.1) is 6.92 Å². The van der Waals surface area contributed by atoms with Gasteiger partial charge in [0.25, 0.3) is 0 Å². The molecule has 0 aliphatic rings. The number of anilines is 1. The Labute approximate surface area is 142 Å². The zero-order chi connectivity index (χ0) is 16.2. The van der Waals surface area contributed by atoms with Crippen LogP contribution in [0.1, 0.15) is 11.1 Å². The van der Waals surface area contributed by atoms with Crippen molar-refractivity contribution in [2.24, 2.45) is 0 Å². The van der Waals surface area contributed by atoms with Crippen molar-refractivity contribution in [2.45, 2.75) is 13.3 Å². The lowest BCUT2D eigenvalue weighted by atomic mass is 10.1. The third kappa shape index (κ3) is 3.78. The van der Waals surface area contributed by atoms with Crippen molar-refractivity contribution in [3.63, 3.8) is 0 Å². The first-order chi connectivity index (χ1) is 11.2. The van der Waals surface area contributed by atoms with Gasteiger partial charge in [0.2, 0.25) is 5.91 Å². The number of aromatic nitrogens is 1. The molecule has 0 spiro atoms. The molecule has 3 aromatic rings. The van der Waals surface area contributed by atoms with Gasteiger partial charge in [0, 0.05) is 5.38 Å². The van der Waals surface area contributed by atoms with Crippen LogP contribution in [0.25, 0.3) is 10.6 Å². The zero-order valence-corrected chi connectivity index (χ0v) is 14.5. The monoisotopic (exact) mass is 344 g/mol. The van der Waals surface area contributed by atoms with Crippen LogP contribution in [0.4, 0.5) is 5.13 Å². The van der Waals surface area contributed by atoms with E-state index in [9.17, 15) is 4.79 Å². The van der Waals surface area contributed by atoms with Crippen LogP contribution in [-0.4, -0.2) is 18.0 Å². The van der Waals surface area contributed by atoms with Crippen molar-refractivity contribution in [3.05, 3.63) is 52.2 Å². The van der Waals surface area contributed by atoms with E-state index in [4.69, 9.17) is 4.74 Å². The first-order valence-electron chi connectivity index (χ1n) is 7.08. The van der Waals surface area contributed by atoms with Crippen molar-refractivity contribution >= 4 is 33.7 Å². The Morgan fingerprint density at radius 2 is 2.17 bits per heavy atom. The van der Waals surface area contributed by atoms with E-state index in [1.165, 1.54) is 11.3 Å². The second-order valence-electron chi connectivity index (χ2n) is 5.04. The Kier molecular flexibility index (Phi) is 4.73. The van der Waals surface area contributed by atoms with Crippen LogP contribution >= 0.6 is 22.7 Å². The lowest BCUT2D eigenvalue weighted by Crippen LogP contribution is -2.14. The molecule has 1 amide bonds. The zero-order valence-electron chi connectivity index (χ0n) is 12.8. The van der Waals surface area contributed by atoms with Crippen molar-refractivity contribution in [1.29, 1.82) is 0 Å². The molecule has 0 atom stereocenters. The van der Waals surface area contributed by atoms with Gasteiger partial charge >= 0.3 is 0 Å². The minimum atomic E-state index is -0.0679. The van der Waals surface area contributed by atoms with Crippen molar-refractivity contribution in [2.75, 3.05) is 12.4 Å². The Morgan fingerprint density at radius 3 is 2.87 bits per heavy atom. The highest BCUT2D eigenvalue weighted by molar-refractivity contribution is 7.16. The smallest absolute Gasteiger partial charge is 0.230 e. The average Bonchev–Trinajstić information content (AvgIpc) is 3.18. The first kappa shape index (κ1) is 15.7. The molecule has 23 heavy (non-hydrogen) atoms. The molecule has 1 aromatic carbocycles. The second-order valence-corrected chi connectivity index (χ2v) is 6.85. The summed E-state index contributed by atoms with van der Waals surface area (Å²) in [7, 11) is 1.64. The molecule has 0 aliphatic carbocycles. The van der Waals surface area contributed by atoms with Gasteiger partial charge in [-0.2, -0.15) is 0 Å². The summed E-state index contributed by atoms with van der Waals surface area (Å²) in [6.07, 6.45) is 0.318. The van der Waals surface area contributed by atoms with E-state index in [1.807, 2.05) is 48.0 Å². The average molecular weight is 344 g/mol. The van der Waals surface area contributed by atoms with Gasteiger partial charge in [0.1, 0.15) is 5.75 Å². The number of thiazole rings is 1. The maximum absolute atomic E-state index is 12.2. The van der Waals surface area contributed by atoms with Gasteiger partial charge in [0.05, 0.1) is 24.1 Å². The summed E-state index contributed by atoms with van der Waals surface area (Å²) in [5.74, 6) is 0.760. The quantitative estimate of drug-likeness (QED) is 0.748. The largest absolute Gasteiger partial charge is 0.496 e. The molecule has 4 nitrogen and oxygen atoms in total. The molecule has 0 bridgehead atoms. The summed E-state index contributed by atoms with van der Waals surface area (Å²) in [4.78, 5) is 17.7. The van der Waals surface area contributed by atoms with Crippen LogP contribution < -0.4 is 10.1 Å². The number of amides is 1. The van der Waals surface area contributed by atoms with E-state index in [1.54, 1.807) is 18.4 Å². The second kappa shape index (κ2) is 6.93. The molecule has 2 aromatic heterocycles. The first-order valence-corrected chi connectivity index (χ1v) is 8.84. The molecular formula is C17H16N2O2S2. The van der Waals surface area contributed by atoms with E-state index in [0.29, 0.717) is 11.6 Å². The van der Waals surface area contributed by atoms with Gasteiger partial charge in [0.15, 0.2) is 5.13 Å². The number of carbonyl (C=O) groups excluding carboxylic acids is 1. The minimum absolute atomic E-state index is 0.0679. The Hall–Kier alpha value is -2.18. The summed E-state index contributed by atoms with van der Waals surface area (Å²) in [5.41, 5.74) is 2.88. The SMILES string of the molecule is COc1ccc(CC(=O)Nc2nc(-c3cccs3)cs2)cc1C. The van der Waals surface area contributed by atoms with Crippen LogP contribution in [0.5, 0.6) is 5.75 Å². The van der Waals surface area contributed by atoms with E-state index in [0.717, 1.165) is 27.4 Å². The van der Waals surface area contributed by atoms with Crippen LogP contribution in [0.2, 0.25) is 0 Å². The Morgan fingerprint density at radius 1 is 1.30 bits per heavy atom. The molecule has 0 unspecified atom stereocenters. The normalized spacial score (nSPS) is 10.5. The van der Waals surface area contributed by atoms with Gasteiger partial charge in [-0.15, -0.1) is 22.7 Å². The number of carbonyl (C=O) groups is 1. The van der Waals surface area contributed by atoms with Gasteiger partial charge in [-0.05, 0) is 35.6 Å². The van der Waals surface area contributed by atoms with E-state index >= 15 is 0 Å². The fourth-order valence-corrected chi connectivity index (χ4v) is 3.76. The van der Waals surface area contributed by atoms with Gasteiger partial charge in [-0.1, -0.05) is 18.2 Å². The summed E-state index contributed by atoms with van der Waals surface area (Å²) < 4.78 is 5.23. The van der Waals surface area contributed by atoms with Gasteiger partial charge < -0.3 is 10.1 Å². The van der Waals surface area contributed by atoms with Crippen molar-refractivity contribution in [1.82, 2.24) is 4.98 Å². The highest BCUT2D eigenvalue weighted by Gasteiger charge is 2.10. The molecule has 0 saturated carbocycles. The maximum atomic E-state index is 12.2. The molecule has 0 radical (unpaired) electrons. The number of hydrogen-bond acceptors (Lipinski definition) is 5. The number of methoxy groups -OCH3 is 1. The molecule has 0 saturated heterocycles. The number of nitrogens with one attached hydrogen (secondary N) is 1. The molecular weight excluding hydrogens is 328 g/mol. The third-order valence-electron chi connectivity index (χ3n) is 3.35. The van der Waals surface area contributed by atoms with Crippen molar-refractivity contribution in [3.8, 4) is 16.3 Å². The molecule has 1 N–H and O–H groups in total. The number of ether oxygens (including phenoxy) is 1. The topological polar surface area (TPSA) is 51.2 Å². The summed E-state index contributed by atoms with van der Waals surface area (Å²) >= 11 is 3.08. The number of thiophene rings is 1. The van der Waals surface area contributed by atoms with E-state index < -0.39 is 0 Å². The lowest BCUT2D eigenvalue weighted by Gasteiger charge is -2.07. The van der Waals surface area contributed by atoms with E-state index in [-0.39, 0.29) is 5.91 Å². The molecule has 2 heterocycles. The number of nitrogens with zero attached hydrogens (tertiary/aromatic N) is 1. The van der Waals surface area contributed by atoms with Gasteiger partial charge in [-0.25, -0.2) is 4.98 Å². The lowest BCUT2D eigenvalue weighted by molar-refractivity contribution is -0.115. The van der Waals surface area contributed by atoms with Gasteiger partial charge in [-0.3, -0.25) is 4.79 Å². The number of rotatable bonds is 5. The predicted octanol–water partition coefficient (Wildman–Crippen LogP) is 4.37. The van der Waals surface area contributed by atoms with Crippen molar-refractivity contribution < 1.29 is 9.53 Å². The standard InChI is InChI=1S/C17H16N2O2S2/c1-11-8-12(5-6-14(11)21-2)9-16(20)19-17-18-13(10-23-17)15-4-3-7-22-15/h3-8,10H,9H2,1-2H3,(H,18,19,20). The molecule has 0 fully saturated rings. The van der Waals surface area contributed by atoms with E-state index in [2.05, 4.69) is 10.3 Å². The fourth-order valence-electron chi connectivity index (χ4n) is 2.27. The Bertz CT molecular complexity index is 810. The molecule has 6 heteroatoms. The highest BCUT2D eigenvalue weighted by Crippen LogP contribution is 2.28.